The van der Waals surface area contributed by atoms with Gasteiger partial charge in [0, 0.05) is 14.1 Å². The van der Waals surface area contributed by atoms with Crippen LogP contribution in [0.2, 0.25) is 0 Å². The van der Waals surface area contributed by atoms with E-state index in [1.807, 2.05) is 6.07 Å². The fourth-order valence-corrected chi connectivity index (χ4v) is 1.53. The highest BCUT2D eigenvalue weighted by Crippen LogP contribution is 2.31. The van der Waals surface area contributed by atoms with E-state index in [1.54, 1.807) is 32.3 Å². The van der Waals surface area contributed by atoms with E-state index in [2.05, 4.69) is 0 Å². The minimum Gasteiger partial charge on any atom is -0.490 e. The van der Waals surface area contributed by atoms with E-state index in [4.69, 9.17) is 10.00 Å². The lowest BCUT2D eigenvalue weighted by atomic mass is 10.1. The van der Waals surface area contributed by atoms with E-state index in [-0.39, 0.29) is 12.0 Å². The fraction of sp³-hybridized carbons (Fsp3) is 0.385. The molecule has 4 heteroatoms. The monoisotopic (exact) mass is 230 g/mol. The number of hydrogen-bond acceptors (Lipinski definition) is 3. The lowest BCUT2D eigenvalue weighted by Crippen LogP contribution is -2.23. The summed E-state index contributed by atoms with van der Waals surface area (Å²) in [6.45, 7) is 0. The zero-order valence-electron chi connectivity index (χ0n) is 9.93. The van der Waals surface area contributed by atoms with Gasteiger partial charge in [-0.1, -0.05) is 6.07 Å². The minimum absolute atomic E-state index is 0.196. The topological polar surface area (TPSA) is 53.3 Å². The number of carbonyl (C=O) groups excluding carboxylic acids is 1. The molecule has 17 heavy (non-hydrogen) atoms. The van der Waals surface area contributed by atoms with Crippen LogP contribution in [0.3, 0.4) is 0 Å². The maximum absolute atomic E-state index is 12.0. The van der Waals surface area contributed by atoms with Gasteiger partial charge < -0.3 is 9.64 Å². The Morgan fingerprint density at radius 1 is 1.47 bits per heavy atom. The first-order valence-electron chi connectivity index (χ1n) is 5.55. The molecule has 1 amide bonds. The van der Waals surface area contributed by atoms with Crippen molar-refractivity contribution in [1.82, 2.24) is 4.90 Å². The molecule has 4 nitrogen and oxygen atoms in total. The molecule has 0 bridgehead atoms. The molecule has 2 rings (SSSR count). The standard InChI is InChI=1S/C13H14N2O2/c1-15(2)13(16)12-9(8-14)4-3-5-11(12)17-10-6-7-10/h3-5,10H,6-7H2,1-2H3. The molecule has 0 radical (unpaired) electrons. The van der Waals surface area contributed by atoms with E-state index in [0.717, 1.165) is 12.8 Å². The number of benzene rings is 1. The smallest absolute Gasteiger partial charge is 0.258 e. The number of carbonyl (C=O) groups is 1. The van der Waals surface area contributed by atoms with Gasteiger partial charge in [0.1, 0.15) is 11.8 Å². The Bertz CT molecular complexity index is 485. The van der Waals surface area contributed by atoms with Crippen LogP contribution in [0, 0.1) is 11.3 Å². The highest BCUT2D eigenvalue weighted by molar-refractivity contribution is 5.99. The molecule has 1 aromatic rings. The first-order valence-corrected chi connectivity index (χ1v) is 5.55. The van der Waals surface area contributed by atoms with Gasteiger partial charge in [-0.15, -0.1) is 0 Å². The number of nitrogens with zero attached hydrogens (tertiary/aromatic N) is 2. The molecule has 1 saturated carbocycles. The van der Waals surface area contributed by atoms with Crippen molar-refractivity contribution in [3.63, 3.8) is 0 Å². The molecular weight excluding hydrogens is 216 g/mol. The van der Waals surface area contributed by atoms with Gasteiger partial charge >= 0.3 is 0 Å². The van der Waals surface area contributed by atoms with Gasteiger partial charge in [-0.25, -0.2) is 0 Å². The summed E-state index contributed by atoms with van der Waals surface area (Å²) in [5, 5.41) is 9.05. The normalized spacial score (nSPS) is 13.9. The number of ether oxygens (including phenoxy) is 1. The van der Waals surface area contributed by atoms with E-state index in [1.165, 1.54) is 4.90 Å². The number of rotatable bonds is 3. The molecule has 0 spiro atoms. The third-order valence-corrected chi connectivity index (χ3v) is 2.58. The highest BCUT2D eigenvalue weighted by Gasteiger charge is 2.27. The van der Waals surface area contributed by atoms with Crippen LogP contribution in [-0.2, 0) is 0 Å². The Hall–Kier alpha value is -2.02. The largest absolute Gasteiger partial charge is 0.490 e. The fourth-order valence-electron chi connectivity index (χ4n) is 1.53. The van der Waals surface area contributed by atoms with Crippen LogP contribution in [0.15, 0.2) is 18.2 Å². The van der Waals surface area contributed by atoms with Crippen molar-refractivity contribution in [1.29, 1.82) is 5.26 Å². The van der Waals surface area contributed by atoms with Crippen LogP contribution in [0.5, 0.6) is 5.75 Å². The molecule has 0 aromatic heterocycles. The van der Waals surface area contributed by atoms with E-state index in [9.17, 15) is 4.79 Å². The van der Waals surface area contributed by atoms with Gasteiger partial charge in [-0.05, 0) is 25.0 Å². The maximum Gasteiger partial charge on any atom is 0.258 e. The molecule has 88 valence electrons. The first kappa shape index (κ1) is 11.5. The zero-order valence-corrected chi connectivity index (χ0v) is 9.93. The molecule has 1 aliphatic rings. The Morgan fingerprint density at radius 2 is 2.18 bits per heavy atom. The van der Waals surface area contributed by atoms with Crippen molar-refractivity contribution in [3.8, 4) is 11.8 Å². The van der Waals surface area contributed by atoms with Crippen molar-refractivity contribution >= 4 is 5.91 Å². The van der Waals surface area contributed by atoms with Gasteiger partial charge in [0.15, 0.2) is 0 Å². The van der Waals surface area contributed by atoms with E-state index in [0.29, 0.717) is 16.9 Å². The van der Waals surface area contributed by atoms with Crippen molar-refractivity contribution in [2.75, 3.05) is 14.1 Å². The Kier molecular flexibility index (Phi) is 3.01. The molecule has 0 atom stereocenters. The van der Waals surface area contributed by atoms with Crippen LogP contribution >= 0.6 is 0 Å². The summed E-state index contributed by atoms with van der Waals surface area (Å²) in [4.78, 5) is 13.5. The number of nitriles is 1. The van der Waals surface area contributed by atoms with Gasteiger partial charge in [0.2, 0.25) is 0 Å². The Labute approximate surface area is 100 Å². The average molecular weight is 230 g/mol. The molecule has 0 N–H and O–H groups in total. The zero-order chi connectivity index (χ0) is 12.4. The maximum atomic E-state index is 12.0. The molecule has 1 fully saturated rings. The summed E-state index contributed by atoms with van der Waals surface area (Å²) in [6.07, 6.45) is 2.25. The second-order valence-electron chi connectivity index (χ2n) is 4.31. The van der Waals surface area contributed by atoms with Crippen molar-refractivity contribution in [2.24, 2.45) is 0 Å². The highest BCUT2D eigenvalue weighted by atomic mass is 16.5. The molecule has 0 saturated heterocycles. The van der Waals surface area contributed by atoms with E-state index >= 15 is 0 Å². The second-order valence-corrected chi connectivity index (χ2v) is 4.31. The van der Waals surface area contributed by atoms with Crippen LogP contribution in [0.1, 0.15) is 28.8 Å². The van der Waals surface area contributed by atoms with Crippen molar-refractivity contribution in [3.05, 3.63) is 29.3 Å². The summed E-state index contributed by atoms with van der Waals surface area (Å²) < 4.78 is 5.67. The molecule has 0 heterocycles. The van der Waals surface area contributed by atoms with Crippen LogP contribution in [0.4, 0.5) is 0 Å². The third kappa shape index (κ3) is 2.39. The second kappa shape index (κ2) is 4.46. The Balaban J connectivity index is 2.43. The molecule has 0 aliphatic heterocycles. The van der Waals surface area contributed by atoms with E-state index < -0.39 is 0 Å². The van der Waals surface area contributed by atoms with Crippen LogP contribution in [0.25, 0.3) is 0 Å². The Morgan fingerprint density at radius 3 is 2.71 bits per heavy atom. The molecule has 1 aromatic carbocycles. The lowest BCUT2D eigenvalue weighted by molar-refractivity contribution is 0.0822. The molecule has 1 aliphatic carbocycles. The number of amides is 1. The summed E-state index contributed by atoms with van der Waals surface area (Å²) in [7, 11) is 3.33. The summed E-state index contributed by atoms with van der Waals surface area (Å²) in [5.74, 6) is 0.322. The molecule has 0 unspecified atom stereocenters. The van der Waals surface area contributed by atoms with Crippen LogP contribution in [-0.4, -0.2) is 31.0 Å². The average Bonchev–Trinajstić information content (AvgIpc) is 3.11. The quantitative estimate of drug-likeness (QED) is 0.795. The molecular formula is C13H14N2O2. The van der Waals surface area contributed by atoms with Gasteiger partial charge in [0.05, 0.1) is 17.2 Å². The first-order chi connectivity index (χ1) is 8.13. The summed E-state index contributed by atoms with van der Waals surface area (Å²) in [5.41, 5.74) is 0.730. The van der Waals surface area contributed by atoms with Gasteiger partial charge in [-0.2, -0.15) is 5.26 Å². The van der Waals surface area contributed by atoms with Crippen molar-refractivity contribution < 1.29 is 9.53 Å². The van der Waals surface area contributed by atoms with Crippen molar-refractivity contribution in [2.45, 2.75) is 18.9 Å². The van der Waals surface area contributed by atoms with Crippen LogP contribution < -0.4 is 4.74 Å². The lowest BCUT2D eigenvalue weighted by Gasteiger charge is -2.15. The predicted octanol–water partition coefficient (Wildman–Crippen LogP) is 1.80. The third-order valence-electron chi connectivity index (χ3n) is 2.58. The van der Waals surface area contributed by atoms with Gasteiger partial charge in [0.25, 0.3) is 5.91 Å². The summed E-state index contributed by atoms with van der Waals surface area (Å²) in [6, 6.07) is 7.16. The summed E-state index contributed by atoms with van der Waals surface area (Å²) >= 11 is 0. The van der Waals surface area contributed by atoms with Gasteiger partial charge in [-0.3, -0.25) is 4.79 Å². The SMILES string of the molecule is CN(C)C(=O)c1c(C#N)cccc1OC1CC1. The predicted molar refractivity (Wildman–Crippen MR) is 62.8 cm³/mol. The minimum atomic E-state index is -0.196. The number of hydrogen-bond donors (Lipinski definition) is 0.